The molecular weight excluding hydrogens is 268 g/mol. The number of carboxylic acid groups (broad SMARTS) is 1. The number of hydrogen-bond acceptors (Lipinski definition) is 4. The number of carbonyl (C=O) groups is 2. The number of benzene rings is 1. The number of aromatic carboxylic acids is 1. The Morgan fingerprint density at radius 1 is 1.26 bits per heavy atom. The molecule has 2 aromatic rings. The smallest absolute Gasteiger partial charge is 0.336 e. The van der Waals surface area contributed by atoms with Crippen LogP contribution in [0.15, 0.2) is 34.4 Å². The highest BCUT2D eigenvalue weighted by Gasteiger charge is 2.15. The zero-order chi connectivity index (χ0) is 13.8. The van der Waals surface area contributed by atoms with E-state index in [4.69, 9.17) is 5.11 Å². The summed E-state index contributed by atoms with van der Waals surface area (Å²) in [7, 11) is 0. The van der Waals surface area contributed by atoms with Crippen molar-refractivity contribution in [3.8, 4) is 0 Å². The van der Waals surface area contributed by atoms with Gasteiger partial charge in [0.25, 0.3) is 5.91 Å². The molecule has 0 saturated carbocycles. The summed E-state index contributed by atoms with van der Waals surface area (Å²) in [5, 5.41) is 13.1. The van der Waals surface area contributed by atoms with Gasteiger partial charge in [0.15, 0.2) is 0 Å². The Hall–Kier alpha value is -2.41. The topological polar surface area (TPSA) is 99.3 Å². The molecule has 0 saturated heterocycles. The van der Waals surface area contributed by atoms with Crippen molar-refractivity contribution in [2.45, 2.75) is 6.54 Å². The number of aromatic amines is 1. The molecule has 0 spiro atoms. The maximum absolute atomic E-state index is 11.9. The number of rotatable bonds is 4. The van der Waals surface area contributed by atoms with Gasteiger partial charge in [-0.05, 0) is 12.1 Å². The molecule has 1 aromatic carbocycles. The summed E-state index contributed by atoms with van der Waals surface area (Å²) in [6.45, 7) is 0.144. The van der Waals surface area contributed by atoms with E-state index >= 15 is 0 Å². The average molecular weight is 278 g/mol. The standard InChI is InChI=1S/C12H10N2O4S/c15-10(13-5-7-6-19-12(18)14-7)8-3-1-2-4-9(8)11(16)17/h1-4,6H,5H2,(H,13,15)(H,14,18)(H,16,17). The van der Waals surface area contributed by atoms with Gasteiger partial charge >= 0.3 is 10.8 Å². The predicted molar refractivity (Wildman–Crippen MR) is 69.5 cm³/mol. The van der Waals surface area contributed by atoms with Gasteiger partial charge in [-0.3, -0.25) is 9.59 Å². The largest absolute Gasteiger partial charge is 0.478 e. The summed E-state index contributed by atoms with van der Waals surface area (Å²) in [6, 6.07) is 5.95. The van der Waals surface area contributed by atoms with Crippen molar-refractivity contribution in [1.82, 2.24) is 10.3 Å². The van der Waals surface area contributed by atoms with Gasteiger partial charge in [-0.15, -0.1) is 0 Å². The number of carboxylic acids is 1. The normalized spacial score (nSPS) is 10.1. The first-order chi connectivity index (χ1) is 9.08. The van der Waals surface area contributed by atoms with Gasteiger partial charge in [-0.2, -0.15) is 0 Å². The van der Waals surface area contributed by atoms with Crippen LogP contribution >= 0.6 is 11.3 Å². The van der Waals surface area contributed by atoms with E-state index in [9.17, 15) is 14.4 Å². The van der Waals surface area contributed by atoms with Gasteiger partial charge in [0.05, 0.1) is 17.7 Å². The molecule has 0 unspecified atom stereocenters. The van der Waals surface area contributed by atoms with Crippen LogP contribution in [0.5, 0.6) is 0 Å². The first-order valence-electron chi connectivity index (χ1n) is 5.35. The third-order valence-electron chi connectivity index (χ3n) is 2.41. The summed E-state index contributed by atoms with van der Waals surface area (Å²) >= 11 is 1.00. The Balaban J connectivity index is 2.12. The van der Waals surface area contributed by atoms with E-state index < -0.39 is 11.9 Å². The third kappa shape index (κ3) is 3.08. The van der Waals surface area contributed by atoms with Crippen molar-refractivity contribution in [3.05, 3.63) is 56.1 Å². The lowest BCUT2D eigenvalue weighted by Gasteiger charge is -2.06. The van der Waals surface area contributed by atoms with Gasteiger partial charge in [0, 0.05) is 11.1 Å². The zero-order valence-corrected chi connectivity index (χ0v) is 10.5. The van der Waals surface area contributed by atoms with E-state index in [1.807, 2.05) is 0 Å². The Labute approximate surface area is 111 Å². The lowest BCUT2D eigenvalue weighted by atomic mass is 10.1. The van der Waals surface area contributed by atoms with Crippen molar-refractivity contribution < 1.29 is 14.7 Å². The SMILES string of the molecule is O=C(O)c1ccccc1C(=O)NCc1csc(=O)[nH]1. The highest BCUT2D eigenvalue weighted by Crippen LogP contribution is 2.09. The second kappa shape index (κ2) is 5.49. The molecule has 0 aliphatic rings. The number of H-pyrrole nitrogens is 1. The summed E-state index contributed by atoms with van der Waals surface area (Å²) in [4.78, 5) is 36.1. The monoisotopic (exact) mass is 278 g/mol. The molecule has 1 heterocycles. The number of nitrogens with one attached hydrogen (secondary N) is 2. The lowest BCUT2D eigenvalue weighted by Crippen LogP contribution is -2.25. The Bertz CT molecular complexity index is 674. The van der Waals surface area contributed by atoms with Gasteiger partial charge in [-0.25, -0.2) is 4.79 Å². The first-order valence-corrected chi connectivity index (χ1v) is 6.23. The molecule has 6 nitrogen and oxygen atoms in total. The Morgan fingerprint density at radius 2 is 1.95 bits per heavy atom. The molecule has 0 atom stereocenters. The molecule has 0 aliphatic heterocycles. The molecular formula is C12H10N2O4S. The Kier molecular flexibility index (Phi) is 3.76. The minimum atomic E-state index is -1.16. The van der Waals surface area contributed by atoms with E-state index in [1.54, 1.807) is 17.5 Å². The van der Waals surface area contributed by atoms with Crippen LogP contribution in [0.1, 0.15) is 26.4 Å². The van der Waals surface area contributed by atoms with Crippen molar-refractivity contribution in [1.29, 1.82) is 0 Å². The minimum Gasteiger partial charge on any atom is -0.478 e. The maximum Gasteiger partial charge on any atom is 0.336 e. The van der Waals surface area contributed by atoms with Crippen LogP contribution in [0, 0.1) is 0 Å². The lowest BCUT2D eigenvalue weighted by molar-refractivity contribution is 0.0691. The van der Waals surface area contributed by atoms with E-state index in [-0.39, 0.29) is 22.5 Å². The molecule has 1 aromatic heterocycles. The molecule has 0 fully saturated rings. The van der Waals surface area contributed by atoms with Crippen molar-refractivity contribution in [2.24, 2.45) is 0 Å². The number of thiazole rings is 1. The average Bonchev–Trinajstić information content (AvgIpc) is 2.81. The molecule has 0 radical (unpaired) electrons. The number of aromatic nitrogens is 1. The second-order valence-electron chi connectivity index (χ2n) is 3.71. The summed E-state index contributed by atoms with van der Waals surface area (Å²) in [5.74, 6) is -1.65. The van der Waals surface area contributed by atoms with Crippen molar-refractivity contribution in [2.75, 3.05) is 0 Å². The molecule has 19 heavy (non-hydrogen) atoms. The second-order valence-corrected chi connectivity index (χ2v) is 4.55. The van der Waals surface area contributed by atoms with Crippen LogP contribution in [-0.4, -0.2) is 22.0 Å². The molecule has 7 heteroatoms. The third-order valence-corrected chi connectivity index (χ3v) is 3.13. The quantitative estimate of drug-likeness (QED) is 0.778. The van der Waals surface area contributed by atoms with E-state index in [0.29, 0.717) is 5.69 Å². The Morgan fingerprint density at radius 3 is 2.53 bits per heavy atom. The molecule has 98 valence electrons. The van der Waals surface area contributed by atoms with Crippen LogP contribution in [0.25, 0.3) is 0 Å². The molecule has 0 aliphatic carbocycles. The number of hydrogen-bond donors (Lipinski definition) is 3. The first kappa shape index (κ1) is 13.0. The zero-order valence-electron chi connectivity index (χ0n) is 9.67. The predicted octanol–water partition coefficient (Wildman–Crippen LogP) is 1.06. The van der Waals surface area contributed by atoms with Gasteiger partial charge in [-0.1, -0.05) is 23.5 Å². The highest BCUT2D eigenvalue weighted by atomic mass is 32.1. The summed E-state index contributed by atoms with van der Waals surface area (Å²) < 4.78 is 0. The molecule has 3 N–H and O–H groups in total. The fraction of sp³-hybridized carbons (Fsp3) is 0.0833. The van der Waals surface area contributed by atoms with Gasteiger partial charge in [0.1, 0.15) is 0 Å². The van der Waals surface area contributed by atoms with Crippen LogP contribution in [-0.2, 0) is 6.54 Å². The fourth-order valence-corrected chi connectivity index (χ4v) is 2.12. The van der Waals surface area contributed by atoms with Crippen molar-refractivity contribution in [3.63, 3.8) is 0 Å². The van der Waals surface area contributed by atoms with Crippen molar-refractivity contribution >= 4 is 23.2 Å². The number of amides is 1. The van der Waals surface area contributed by atoms with Gasteiger partial charge in [0.2, 0.25) is 0 Å². The van der Waals surface area contributed by atoms with E-state index in [2.05, 4.69) is 10.3 Å². The van der Waals surface area contributed by atoms with E-state index in [0.717, 1.165) is 11.3 Å². The summed E-state index contributed by atoms with van der Waals surface area (Å²) in [6.07, 6.45) is 0. The number of carbonyl (C=O) groups excluding carboxylic acids is 1. The fourth-order valence-electron chi connectivity index (χ4n) is 1.54. The van der Waals surface area contributed by atoms with Gasteiger partial charge < -0.3 is 15.4 Å². The van der Waals surface area contributed by atoms with Crippen LogP contribution in [0.2, 0.25) is 0 Å². The maximum atomic E-state index is 11.9. The van der Waals surface area contributed by atoms with E-state index in [1.165, 1.54) is 12.1 Å². The summed E-state index contributed by atoms with van der Waals surface area (Å²) in [5.41, 5.74) is 0.613. The molecule has 2 rings (SSSR count). The van der Waals surface area contributed by atoms with Crippen LogP contribution < -0.4 is 10.2 Å². The molecule has 0 bridgehead atoms. The minimum absolute atomic E-state index is 0.0567. The van der Waals surface area contributed by atoms with Crippen LogP contribution in [0.3, 0.4) is 0 Å². The van der Waals surface area contributed by atoms with Crippen LogP contribution in [0.4, 0.5) is 0 Å². The molecule has 1 amide bonds. The highest BCUT2D eigenvalue weighted by molar-refractivity contribution is 7.07.